The highest BCUT2D eigenvalue weighted by Crippen LogP contribution is 2.26. The van der Waals surface area contributed by atoms with Crippen molar-refractivity contribution in [3.63, 3.8) is 0 Å². The summed E-state index contributed by atoms with van der Waals surface area (Å²) in [5.41, 5.74) is 2.50. The van der Waals surface area contributed by atoms with Crippen molar-refractivity contribution in [3.05, 3.63) is 53.9 Å². The number of ether oxygens (including phenoxy) is 2. The zero-order valence-electron chi connectivity index (χ0n) is 16.7. The van der Waals surface area contributed by atoms with Crippen LogP contribution in [0, 0.1) is 6.92 Å². The van der Waals surface area contributed by atoms with Crippen LogP contribution < -0.4 is 20.1 Å². The molecular weight excluding hydrogens is 340 g/mol. The first-order valence-electron chi connectivity index (χ1n) is 9.35. The number of guanidine groups is 1. The Labute approximate surface area is 162 Å². The number of hydrogen-bond acceptors (Lipinski definition) is 4. The van der Waals surface area contributed by atoms with Gasteiger partial charge in [0.2, 0.25) is 0 Å². The number of nitrogens with one attached hydrogen (secondary N) is 2. The third-order valence-electron chi connectivity index (χ3n) is 4.07. The number of aliphatic imine (C=N–C) groups is 1. The molecule has 1 heterocycles. The van der Waals surface area contributed by atoms with Crippen LogP contribution in [0.3, 0.4) is 0 Å². The number of methoxy groups -OCH3 is 1. The number of benzene rings is 1. The van der Waals surface area contributed by atoms with E-state index in [1.54, 1.807) is 7.11 Å². The molecule has 0 fully saturated rings. The molecule has 0 amide bonds. The zero-order chi connectivity index (χ0) is 19.5. The Morgan fingerprint density at radius 3 is 2.67 bits per heavy atom. The first kappa shape index (κ1) is 20.6. The molecule has 0 bridgehead atoms. The second-order valence-corrected chi connectivity index (χ2v) is 6.28. The van der Waals surface area contributed by atoms with E-state index >= 15 is 0 Å². The summed E-state index contributed by atoms with van der Waals surface area (Å²) in [5.74, 6) is 2.25. The Kier molecular flexibility index (Phi) is 8.42. The number of aryl methyl sites for hydroxylation is 1. The molecule has 0 aliphatic heterocycles. The number of nitrogens with zero attached hydrogens (tertiary/aromatic N) is 2. The van der Waals surface area contributed by atoms with Gasteiger partial charge in [0.1, 0.15) is 6.10 Å². The molecule has 1 atom stereocenters. The van der Waals surface area contributed by atoms with Crippen LogP contribution in [0.2, 0.25) is 0 Å². The van der Waals surface area contributed by atoms with Gasteiger partial charge in [0.15, 0.2) is 17.5 Å². The maximum atomic E-state index is 5.96. The largest absolute Gasteiger partial charge is 0.493 e. The lowest BCUT2D eigenvalue weighted by Gasteiger charge is -2.17. The van der Waals surface area contributed by atoms with Gasteiger partial charge in [-0.15, -0.1) is 0 Å². The van der Waals surface area contributed by atoms with Crippen LogP contribution in [0.4, 0.5) is 0 Å². The van der Waals surface area contributed by atoms with E-state index in [1.807, 2.05) is 43.6 Å². The Morgan fingerprint density at radius 2 is 1.96 bits per heavy atom. The van der Waals surface area contributed by atoms with E-state index in [0.29, 0.717) is 6.54 Å². The van der Waals surface area contributed by atoms with Crippen LogP contribution in [0.1, 0.15) is 25.0 Å². The average Bonchev–Trinajstić information content (AvgIpc) is 2.68. The molecular formula is C21H30N4O2. The number of hydrogen-bond donors (Lipinski definition) is 2. The Morgan fingerprint density at radius 1 is 1.19 bits per heavy atom. The summed E-state index contributed by atoms with van der Waals surface area (Å²) >= 11 is 0. The van der Waals surface area contributed by atoms with Gasteiger partial charge in [0.25, 0.3) is 0 Å². The standard InChI is InChI=1S/C21H30N4O2/c1-5-23-21(24-13-11-18-10-12-22-14-16(18)2)25-15-17(3)27-20-9-7-6-8-19(20)26-4/h6-10,12,14,17H,5,11,13,15H2,1-4H3,(H2,23,24,25). The predicted octanol–water partition coefficient (Wildman–Crippen LogP) is 2.96. The molecule has 0 aliphatic rings. The van der Waals surface area contributed by atoms with Crippen LogP contribution in [-0.2, 0) is 6.42 Å². The molecule has 1 aromatic carbocycles. The van der Waals surface area contributed by atoms with Crippen LogP contribution >= 0.6 is 0 Å². The Bertz CT molecular complexity index is 734. The minimum absolute atomic E-state index is 0.0702. The van der Waals surface area contributed by atoms with E-state index in [0.717, 1.165) is 37.0 Å². The minimum atomic E-state index is -0.0702. The highest BCUT2D eigenvalue weighted by atomic mass is 16.5. The summed E-state index contributed by atoms with van der Waals surface area (Å²) in [7, 11) is 1.64. The first-order chi connectivity index (χ1) is 13.1. The van der Waals surface area contributed by atoms with Crippen molar-refractivity contribution in [1.82, 2.24) is 15.6 Å². The lowest BCUT2D eigenvalue weighted by molar-refractivity contribution is 0.219. The number of rotatable bonds is 9. The van der Waals surface area contributed by atoms with Crippen molar-refractivity contribution in [3.8, 4) is 11.5 Å². The second kappa shape index (κ2) is 11.1. The third kappa shape index (κ3) is 6.81. The van der Waals surface area contributed by atoms with Gasteiger partial charge in [-0.25, -0.2) is 4.99 Å². The SMILES string of the molecule is CCNC(=NCC(C)Oc1ccccc1OC)NCCc1ccncc1C. The van der Waals surface area contributed by atoms with Crippen LogP contribution in [0.25, 0.3) is 0 Å². The summed E-state index contributed by atoms with van der Waals surface area (Å²) in [6.07, 6.45) is 4.58. The summed E-state index contributed by atoms with van der Waals surface area (Å²) in [5, 5.41) is 6.65. The fourth-order valence-corrected chi connectivity index (χ4v) is 2.63. The average molecular weight is 370 g/mol. The van der Waals surface area contributed by atoms with E-state index in [1.165, 1.54) is 11.1 Å². The first-order valence-corrected chi connectivity index (χ1v) is 9.35. The van der Waals surface area contributed by atoms with Gasteiger partial charge in [-0.1, -0.05) is 12.1 Å². The summed E-state index contributed by atoms with van der Waals surface area (Å²) in [4.78, 5) is 8.77. The van der Waals surface area contributed by atoms with Gasteiger partial charge in [-0.2, -0.15) is 0 Å². The molecule has 146 valence electrons. The van der Waals surface area contributed by atoms with E-state index < -0.39 is 0 Å². The maximum absolute atomic E-state index is 5.96. The minimum Gasteiger partial charge on any atom is -0.493 e. The molecule has 2 N–H and O–H groups in total. The van der Waals surface area contributed by atoms with Crippen molar-refractivity contribution in [1.29, 1.82) is 0 Å². The van der Waals surface area contributed by atoms with Crippen molar-refractivity contribution >= 4 is 5.96 Å². The predicted molar refractivity (Wildman–Crippen MR) is 110 cm³/mol. The summed E-state index contributed by atoms with van der Waals surface area (Å²) in [6, 6.07) is 9.70. The van der Waals surface area contributed by atoms with E-state index in [9.17, 15) is 0 Å². The van der Waals surface area contributed by atoms with Gasteiger partial charge in [-0.05, 0) is 56.5 Å². The number of pyridine rings is 1. The summed E-state index contributed by atoms with van der Waals surface area (Å²) < 4.78 is 11.3. The Hall–Kier alpha value is -2.76. The molecule has 2 rings (SSSR count). The van der Waals surface area contributed by atoms with Crippen molar-refractivity contribution in [2.24, 2.45) is 4.99 Å². The molecule has 27 heavy (non-hydrogen) atoms. The smallest absolute Gasteiger partial charge is 0.191 e. The van der Waals surface area contributed by atoms with Gasteiger partial charge in [-0.3, -0.25) is 4.98 Å². The van der Waals surface area contributed by atoms with Crippen LogP contribution in [0.15, 0.2) is 47.7 Å². The quantitative estimate of drug-likeness (QED) is 0.525. The maximum Gasteiger partial charge on any atom is 0.191 e. The lowest BCUT2D eigenvalue weighted by atomic mass is 10.1. The highest BCUT2D eigenvalue weighted by Gasteiger charge is 2.08. The number of para-hydroxylation sites is 2. The van der Waals surface area contributed by atoms with E-state index in [2.05, 4.69) is 40.5 Å². The van der Waals surface area contributed by atoms with E-state index in [4.69, 9.17) is 9.47 Å². The van der Waals surface area contributed by atoms with Gasteiger partial charge in [0, 0.05) is 25.5 Å². The molecule has 2 aromatic rings. The molecule has 0 aliphatic carbocycles. The molecule has 1 aromatic heterocycles. The molecule has 0 saturated carbocycles. The molecule has 0 radical (unpaired) electrons. The molecule has 6 nitrogen and oxygen atoms in total. The lowest BCUT2D eigenvalue weighted by Crippen LogP contribution is -2.39. The van der Waals surface area contributed by atoms with Gasteiger partial charge in [0.05, 0.1) is 13.7 Å². The monoisotopic (exact) mass is 370 g/mol. The normalized spacial score (nSPS) is 12.4. The van der Waals surface area contributed by atoms with Crippen molar-refractivity contribution in [2.75, 3.05) is 26.7 Å². The fourth-order valence-electron chi connectivity index (χ4n) is 2.63. The zero-order valence-corrected chi connectivity index (χ0v) is 16.7. The van der Waals surface area contributed by atoms with Crippen molar-refractivity contribution < 1.29 is 9.47 Å². The van der Waals surface area contributed by atoms with Crippen molar-refractivity contribution in [2.45, 2.75) is 33.3 Å². The fraction of sp³-hybridized carbons (Fsp3) is 0.429. The highest BCUT2D eigenvalue weighted by molar-refractivity contribution is 5.79. The molecule has 1 unspecified atom stereocenters. The van der Waals surface area contributed by atoms with E-state index in [-0.39, 0.29) is 6.10 Å². The van der Waals surface area contributed by atoms with Crippen LogP contribution in [0.5, 0.6) is 11.5 Å². The molecule has 0 spiro atoms. The van der Waals surface area contributed by atoms with Gasteiger partial charge >= 0.3 is 0 Å². The molecule has 0 saturated heterocycles. The summed E-state index contributed by atoms with van der Waals surface area (Å²) in [6.45, 7) is 8.29. The molecule has 6 heteroatoms. The topological polar surface area (TPSA) is 67.8 Å². The van der Waals surface area contributed by atoms with Gasteiger partial charge < -0.3 is 20.1 Å². The Balaban J connectivity index is 1.87. The number of aromatic nitrogens is 1. The van der Waals surface area contributed by atoms with Crippen LogP contribution in [-0.4, -0.2) is 43.8 Å². The third-order valence-corrected chi connectivity index (χ3v) is 4.07. The second-order valence-electron chi connectivity index (χ2n) is 6.28.